The first-order chi connectivity index (χ1) is 6.98. The van der Waals surface area contributed by atoms with Crippen molar-refractivity contribution in [1.82, 2.24) is 0 Å². The zero-order valence-electron chi connectivity index (χ0n) is 10.3. The molecule has 0 fully saturated rings. The standard InChI is InChI=1S/C14H22O/c1-11(9-10-15)5-7-13-8-6-12(2)14(13,3)4/h5-6,10,13H,7-9H2,1-4H3. The van der Waals surface area contributed by atoms with Gasteiger partial charge in [-0.2, -0.15) is 0 Å². The lowest BCUT2D eigenvalue weighted by molar-refractivity contribution is -0.107. The lowest BCUT2D eigenvalue weighted by Crippen LogP contribution is -2.19. The third-order valence-corrected chi connectivity index (χ3v) is 3.90. The highest BCUT2D eigenvalue weighted by molar-refractivity contribution is 5.53. The molecule has 1 heteroatoms. The molecule has 0 bridgehead atoms. The third-order valence-electron chi connectivity index (χ3n) is 3.90. The molecule has 0 amide bonds. The van der Waals surface area contributed by atoms with Crippen LogP contribution in [0, 0.1) is 11.3 Å². The van der Waals surface area contributed by atoms with Crippen LogP contribution in [0.2, 0.25) is 0 Å². The number of aldehydes is 1. The predicted molar refractivity (Wildman–Crippen MR) is 64.7 cm³/mol. The van der Waals surface area contributed by atoms with Gasteiger partial charge in [0.2, 0.25) is 0 Å². The summed E-state index contributed by atoms with van der Waals surface area (Å²) in [5.41, 5.74) is 3.04. The van der Waals surface area contributed by atoms with E-state index < -0.39 is 0 Å². The summed E-state index contributed by atoms with van der Waals surface area (Å²) < 4.78 is 0. The van der Waals surface area contributed by atoms with Gasteiger partial charge >= 0.3 is 0 Å². The molecule has 1 atom stereocenters. The van der Waals surface area contributed by atoms with Crippen molar-refractivity contribution >= 4 is 6.29 Å². The maximum atomic E-state index is 10.3. The molecule has 0 aliphatic heterocycles. The highest BCUT2D eigenvalue weighted by atomic mass is 16.1. The van der Waals surface area contributed by atoms with Crippen molar-refractivity contribution in [1.29, 1.82) is 0 Å². The van der Waals surface area contributed by atoms with E-state index in [1.54, 1.807) is 0 Å². The molecule has 1 nitrogen and oxygen atoms in total. The first-order valence-electron chi connectivity index (χ1n) is 5.75. The molecular formula is C14H22O. The van der Waals surface area contributed by atoms with Gasteiger partial charge in [-0.25, -0.2) is 0 Å². The monoisotopic (exact) mass is 206 g/mol. The van der Waals surface area contributed by atoms with Crippen molar-refractivity contribution in [3.05, 3.63) is 23.3 Å². The molecule has 0 saturated heterocycles. The minimum absolute atomic E-state index is 0.331. The van der Waals surface area contributed by atoms with Gasteiger partial charge in [0.05, 0.1) is 0 Å². The zero-order chi connectivity index (χ0) is 11.5. The Bertz CT molecular complexity index is 294. The Morgan fingerprint density at radius 2 is 2.27 bits per heavy atom. The van der Waals surface area contributed by atoms with E-state index in [1.165, 1.54) is 17.6 Å². The Balaban J connectivity index is 2.55. The van der Waals surface area contributed by atoms with Gasteiger partial charge in [-0.3, -0.25) is 0 Å². The average molecular weight is 206 g/mol. The second-order valence-electron chi connectivity index (χ2n) is 5.20. The van der Waals surface area contributed by atoms with Gasteiger partial charge < -0.3 is 4.79 Å². The van der Waals surface area contributed by atoms with E-state index in [2.05, 4.69) is 32.9 Å². The molecule has 15 heavy (non-hydrogen) atoms. The van der Waals surface area contributed by atoms with E-state index in [4.69, 9.17) is 0 Å². The van der Waals surface area contributed by atoms with E-state index >= 15 is 0 Å². The molecule has 0 aromatic rings. The fourth-order valence-corrected chi connectivity index (χ4v) is 2.15. The van der Waals surface area contributed by atoms with Crippen LogP contribution in [0.4, 0.5) is 0 Å². The summed E-state index contributed by atoms with van der Waals surface area (Å²) in [7, 11) is 0. The van der Waals surface area contributed by atoms with Crippen molar-refractivity contribution in [2.24, 2.45) is 11.3 Å². The lowest BCUT2D eigenvalue weighted by Gasteiger charge is -2.29. The Kier molecular flexibility index (Phi) is 3.90. The van der Waals surface area contributed by atoms with Gasteiger partial charge in [-0.15, -0.1) is 0 Å². The molecule has 0 heterocycles. The molecular weight excluding hydrogens is 184 g/mol. The summed E-state index contributed by atoms with van der Waals surface area (Å²) in [6.07, 6.45) is 8.43. The van der Waals surface area contributed by atoms with Crippen LogP contribution < -0.4 is 0 Å². The Hall–Kier alpha value is -0.850. The van der Waals surface area contributed by atoms with Gasteiger partial charge in [0.15, 0.2) is 0 Å². The van der Waals surface area contributed by atoms with Crippen LogP contribution in [0.3, 0.4) is 0 Å². The normalized spacial score (nSPS) is 25.2. The molecule has 1 rings (SSSR count). The van der Waals surface area contributed by atoms with Crippen molar-refractivity contribution in [3.63, 3.8) is 0 Å². The summed E-state index contributed by atoms with van der Waals surface area (Å²) in [6, 6.07) is 0. The molecule has 0 aromatic heterocycles. The zero-order valence-corrected chi connectivity index (χ0v) is 10.3. The molecule has 0 aromatic carbocycles. The maximum Gasteiger partial charge on any atom is 0.124 e. The number of rotatable bonds is 4. The van der Waals surface area contributed by atoms with Crippen LogP contribution in [-0.2, 0) is 4.79 Å². The topological polar surface area (TPSA) is 17.1 Å². The van der Waals surface area contributed by atoms with E-state index in [0.717, 1.165) is 12.7 Å². The second-order valence-corrected chi connectivity index (χ2v) is 5.20. The minimum atomic E-state index is 0.331. The number of carbonyl (C=O) groups excluding carboxylic acids is 1. The van der Waals surface area contributed by atoms with Crippen molar-refractivity contribution in [2.75, 3.05) is 0 Å². The fourth-order valence-electron chi connectivity index (χ4n) is 2.15. The van der Waals surface area contributed by atoms with Gasteiger partial charge in [0.25, 0.3) is 0 Å². The molecule has 0 radical (unpaired) electrons. The molecule has 84 valence electrons. The van der Waals surface area contributed by atoms with Crippen LogP contribution in [-0.4, -0.2) is 6.29 Å². The van der Waals surface area contributed by atoms with Crippen LogP contribution in [0.15, 0.2) is 23.3 Å². The van der Waals surface area contributed by atoms with Crippen molar-refractivity contribution in [2.45, 2.75) is 47.0 Å². The fraction of sp³-hybridized carbons (Fsp3) is 0.643. The van der Waals surface area contributed by atoms with Crippen molar-refractivity contribution < 1.29 is 4.79 Å². The predicted octanol–water partition coefficient (Wildman–Crippen LogP) is 3.90. The molecule has 0 saturated carbocycles. The van der Waals surface area contributed by atoms with Crippen LogP contribution >= 0.6 is 0 Å². The van der Waals surface area contributed by atoms with Gasteiger partial charge in [-0.1, -0.05) is 37.1 Å². The number of carbonyl (C=O) groups is 1. The van der Waals surface area contributed by atoms with E-state index in [-0.39, 0.29) is 0 Å². The number of allylic oxidation sites excluding steroid dienone is 4. The summed E-state index contributed by atoms with van der Waals surface area (Å²) in [5, 5.41) is 0. The van der Waals surface area contributed by atoms with Gasteiger partial charge in [-0.05, 0) is 38.0 Å². The minimum Gasteiger partial charge on any atom is -0.303 e. The molecule has 1 aliphatic carbocycles. The van der Waals surface area contributed by atoms with E-state index in [0.29, 0.717) is 17.8 Å². The first-order valence-corrected chi connectivity index (χ1v) is 5.75. The largest absolute Gasteiger partial charge is 0.303 e. The summed E-state index contributed by atoms with van der Waals surface area (Å²) in [6.45, 7) is 8.90. The molecule has 0 spiro atoms. The Morgan fingerprint density at radius 1 is 1.60 bits per heavy atom. The smallest absolute Gasteiger partial charge is 0.124 e. The van der Waals surface area contributed by atoms with E-state index in [1.807, 2.05) is 6.92 Å². The lowest BCUT2D eigenvalue weighted by atomic mass is 9.76. The number of hydrogen-bond acceptors (Lipinski definition) is 1. The molecule has 1 aliphatic rings. The Morgan fingerprint density at radius 3 is 2.73 bits per heavy atom. The van der Waals surface area contributed by atoms with Crippen LogP contribution in [0.1, 0.15) is 47.0 Å². The highest BCUT2D eigenvalue weighted by Gasteiger charge is 2.33. The summed E-state index contributed by atoms with van der Waals surface area (Å²) in [4.78, 5) is 10.3. The SMILES string of the molecule is CC(=CCC1CC=C(C)C1(C)C)CC=O. The van der Waals surface area contributed by atoms with Gasteiger partial charge in [0, 0.05) is 6.42 Å². The van der Waals surface area contributed by atoms with Gasteiger partial charge in [0.1, 0.15) is 6.29 Å². The first kappa shape index (κ1) is 12.2. The summed E-state index contributed by atoms with van der Waals surface area (Å²) in [5.74, 6) is 0.708. The van der Waals surface area contributed by atoms with Crippen LogP contribution in [0.25, 0.3) is 0 Å². The third kappa shape index (κ3) is 2.80. The Labute approximate surface area is 93.3 Å². The second kappa shape index (κ2) is 4.78. The summed E-state index contributed by atoms with van der Waals surface area (Å²) >= 11 is 0. The van der Waals surface area contributed by atoms with Crippen molar-refractivity contribution in [3.8, 4) is 0 Å². The maximum absolute atomic E-state index is 10.3. The number of hydrogen-bond donors (Lipinski definition) is 0. The molecule has 0 N–H and O–H groups in total. The highest BCUT2D eigenvalue weighted by Crippen LogP contribution is 2.44. The average Bonchev–Trinajstić information content (AvgIpc) is 2.40. The molecule has 1 unspecified atom stereocenters. The quantitative estimate of drug-likeness (QED) is 0.503. The van der Waals surface area contributed by atoms with Crippen LogP contribution in [0.5, 0.6) is 0 Å². The van der Waals surface area contributed by atoms with E-state index in [9.17, 15) is 4.79 Å².